The predicted molar refractivity (Wildman–Crippen MR) is 77.1 cm³/mol. The summed E-state index contributed by atoms with van der Waals surface area (Å²) in [7, 11) is 0. The first-order valence-corrected chi connectivity index (χ1v) is 7.22. The topological polar surface area (TPSA) is 29.3 Å². The monoisotopic (exact) mass is 264 g/mol. The molecule has 1 saturated heterocycles. The number of nitrogens with zero attached hydrogens (tertiary/aromatic N) is 1. The van der Waals surface area contributed by atoms with Gasteiger partial charge in [0.1, 0.15) is 5.82 Å². The van der Waals surface area contributed by atoms with Gasteiger partial charge in [0.25, 0.3) is 0 Å². The van der Waals surface area contributed by atoms with Gasteiger partial charge in [-0.05, 0) is 36.8 Å². The van der Waals surface area contributed by atoms with Crippen LogP contribution in [0, 0.1) is 17.7 Å². The molecule has 0 spiro atoms. The van der Waals surface area contributed by atoms with Gasteiger partial charge in [-0.15, -0.1) is 0 Å². The Bertz CT molecular complexity index is 433. The summed E-state index contributed by atoms with van der Waals surface area (Å²) in [4.78, 5) is 2.51. The third-order valence-corrected chi connectivity index (χ3v) is 4.44. The van der Waals surface area contributed by atoms with Gasteiger partial charge in [0.05, 0.1) is 0 Å². The molecule has 0 amide bonds. The average molecular weight is 264 g/mol. The van der Waals surface area contributed by atoms with Crippen molar-refractivity contribution >= 4 is 0 Å². The molecule has 106 valence electrons. The zero-order valence-corrected chi connectivity index (χ0v) is 12.2. The Morgan fingerprint density at radius 1 is 1.32 bits per heavy atom. The second-order valence-corrected chi connectivity index (χ2v) is 6.12. The average Bonchev–Trinajstić information content (AvgIpc) is 2.37. The van der Waals surface area contributed by atoms with Crippen molar-refractivity contribution in [2.45, 2.75) is 46.3 Å². The molecule has 1 aromatic carbocycles. The zero-order chi connectivity index (χ0) is 14.0. The van der Waals surface area contributed by atoms with Crippen molar-refractivity contribution in [3.8, 4) is 0 Å². The minimum Gasteiger partial charge on any atom is -0.326 e. The summed E-state index contributed by atoms with van der Waals surface area (Å²) < 4.78 is 13.5. The molecule has 3 unspecified atom stereocenters. The first-order valence-electron chi connectivity index (χ1n) is 7.22. The Balaban J connectivity index is 2.11. The van der Waals surface area contributed by atoms with Gasteiger partial charge in [-0.1, -0.05) is 26.0 Å². The lowest BCUT2D eigenvalue weighted by atomic mass is 9.85. The fraction of sp³-hybridized carbons (Fsp3) is 0.625. The smallest absolute Gasteiger partial charge is 0.127 e. The predicted octanol–water partition coefficient (Wildman–Crippen LogP) is 3.15. The van der Waals surface area contributed by atoms with Gasteiger partial charge < -0.3 is 5.73 Å². The molecular weight excluding hydrogens is 239 g/mol. The summed E-state index contributed by atoms with van der Waals surface area (Å²) in [5, 5.41) is 0. The summed E-state index contributed by atoms with van der Waals surface area (Å²) in [6.45, 7) is 9.21. The molecule has 0 bridgehead atoms. The van der Waals surface area contributed by atoms with Crippen LogP contribution in [-0.2, 0) is 13.1 Å². The lowest BCUT2D eigenvalue weighted by Gasteiger charge is -2.41. The number of piperidine rings is 1. The lowest BCUT2D eigenvalue weighted by Crippen LogP contribution is -2.45. The quantitative estimate of drug-likeness (QED) is 0.908. The molecule has 0 saturated carbocycles. The summed E-state index contributed by atoms with van der Waals surface area (Å²) in [5.41, 5.74) is 7.35. The van der Waals surface area contributed by atoms with Crippen molar-refractivity contribution in [3.05, 3.63) is 35.1 Å². The maximum Gasteiger partial charge on any atom is 0.127 e. The standard InChI is InChI=1S/C16H25FN2/c1-11-6-12(2)13(3)19(9-11)10-14-4-5-16(17)15(7-14)8-18/h4-5,7,11-13H,6,8-10,18H2,1-3H3. The largest absolute Gasteiger partial charge is 0.326 e. The van der Waals surface area contributed by atoms with Crippen molar-refractivity contribution in [2.24, 2.45) is 17.6 Å². The van der Waals surface area contributed by atoms with E-state index in [0.717, 1.165) is 30.5 Å². The number of likely N-dealkylation sites (tertiary alicyclic amines) is 1. The maximum atomic E-state index is 13.5. The molecule has 0 aliphatic carbocycles. The van der Waals surface area contributed by atoms with Gasteiger partial charge in [0.2, 0.25) is 0 Å². The number of hydrogen-bond donors (Lipinski definition) is 1. The van der Waals surface area contributed by atoms with Crippen LogP contribution < -0.4 is 5.73 Å². The molecule has 1 aliphatic heterocycles. The van der Waals surface area contributed by atoms with E-state index in [1.165, 1.54) is 6.42 Å². The summed E-state index contributed by atoms with van der Waals surface area (Å²) >= 11 is 0. The Kier molecular flexibility index (Phi) is 4.58. The Morgan fingerprint density at radius 3 is 2.74 bits per heavy atom. The molecule has 2 rings (SSSR count). The summed E-state index contributed by atoms with van der Waals surface area (Å²) in [6, 6.07) is 5.92. The van der Waals surface area contributed by atoms with Gasteiger partial charge in [0, 0.05) is 31.2 Å². The van der Waals surface area contributed by atoms with Crippen molar-refractivity contribution in [1.82, 2.24) is 4.90 Å². The van der Waals surface area contributed by atoms with E-state index < -0.39 is 0 Å². The number of halogens is 1. The van der Waals surface area contributed by atoms with E-state index in [0.29, 0.717) is 11.6 Å². The molecule has 2 N–H and O–H groups in total. The van der Waals surface area contributed by atoms with Gasteiger partial charge in [-0.2, -0.15) is 0 Å². The van der Waals surface area contributed by atoms with Crippen LogP contribution in [0.2, 0.25) is 0 Å². The second-order valence-electron chi connectivity index (χ2n) is 6.12. The highest BCUT2D eigenvalue weighted by Crippen LogP contribution is 2.28. The van der Waals surface area contributed by atoms with E-state index >= 15 is 0 Å². The third-order valence-electron chi connectivity index (χ3n) is 4.44. The molecule has 19 heavy (non-hydrogen) atoms. The SMILES string of the molecule is CC1CC(C)C(C)N(Cc2ccc(F)c(CN)c2)C1. The van der Waals surface area contributed by atoms with Gasteiger partial charge in [-0.25, -0.2) is 4.39 Å². The van der Waals surface area contributed by atoms with Crippen LogP contribution in [0.5, 0.6) is 0 Å². The molecule has 3 atom stereocenters. The fourth-order valence-electron chi connectivity index (χ4n) is 3.16. The molecular formula is C16H25FN2. The van der Waals surface area contributed by atoms with Crippen molar-refractivity contribution in [1.29, 1.82) is 0 Å². The first-order chi connectivity index (χ1) is 9.01. The van der Waals surface area contributed by atoms with E-state index in [9.17, 15) is 4.39 Å². The fourth-order valence-corrected chi connectivity index (χ4v) is 3.16. The molecule has 2 nitrogen and oxygen atoms in total. The minimum atomic E-state index is -0.195. The van der Waals surface area contributed by atoms with Crippen LogP contribution in [0.4, 0.5) is 4.39 Å². The van der Waals surface area contributed by atoms with Gasteiger partial charge >= 0.3 is 0 Å². The molecule has 1 aromatic rings. The molecule has 3 heteroatoms. The lowest BCUT2D eigenvalue weighted by molar-refractivity contribution is 0.0729. The van der Waals surface area contributed by atoms with Crippen LogP contribution >= 0.6 is 0 Å². The van der Waals surface area contributed by atoms with Crippen LogP contribution in [0.3, 0.4) is 0 Å². The van der Waals surface area contributed by atoms with Crippen molar-refractivity contribution < 1.29 is 4.39 Å². The summed E-state index contributed by atoms with van der Waals surface area (Å²) in [6.07, 6.45) is 1.30. The van der Waals surface area contributed by atoms with Crippen molar-refractivity contribution in [2.75, 3.05) is 6.54 Å². The van der Waals surface area contributed by atoms with Crippen LogP contribution in [0.1, 0.15) is 38.3 Å². The van der Waals surface area contributed by atoms with Crippen LogP contribution in [-0.4, -0.2) is 17.5 Å². The maximum absolute atomic E-state index is 13.5. The highest BCUT2D eigenvalue weighted by molar-refractivity contribution is 5.25. The molecule has 1 aliphatic rings. The van der Waals surface area contributed by atoms with Crippen molar-refractivity contribution in [3.63, 3.8) is 0 Å². The highest BCUT2D eigenvalue weighted by Gasteiger charge is 2.28. The van der Waals surface area contributed by atoms with Gasteiger partial charge in [0.15, 0.2) is 0 Å². The molecule has 1 heterocycles. The Hall–Kier alpha value is -0.930. The first kappa shape index (κ1) is 14.5. The third kappa shape index (κ3) is 3.34. The minimum absolute atomic E-state index is 0.195. The number of benzene rings is 1. The molecule has 0 radical (unpaired) electrons. The normalized spacial score (nSPS) is 28.6. The molecule has 1 fully saturated rings. The summed E-state index contributed by atoms with van der Waals surface area (Å²) in [5.74, 6) is 1.26. The van der Waals surface area contributed by atoms with E-state index in [1.807, 2.05) is 12.1 Å². The second kappa shape index (κ2) is 6.02. The Labute approximate surface area is 115 Å². The Morgan fingerprint density at radius 2 is 2.05 bits per heavy atom. The van der Waals surface area contributed by atoms with E-state index in [1.54, 1.807) is 6.07 Å². The van der Waals surface area contributed by atoms with E-state index in [4.69, 9.17) is 5.73 Å². The molecule has 0 aromatic heterocycles. The highest BCUT2D eigenvalue weighted by atomic mass is 19.1. The van der Waals surface area contributed by atoms with Crippen LogP contribution in [0.15, 0.2) is 18.2 Å². The number of hydrogen-bond acceptors (Lipinski definition) is 2. The van der Waals surface area contributed by atoms with Crippen LogP contribution in [0.25, 0.3) is 0 Å². The number of rotatable bonds is 3. The van der Waals surface area contributed by atoms with E-state index in [2.05, 4.69) is 25.7 Å². The zero-order valence-electron chi connectivity index (χ0n) is 12.2. The number of nitrogens with two attached hydrogens (primary N) is 1. The van der Waals surface area contributed by atoms with E-state index in [-0.39, 0.29) is 12.4 Å². The van der Waals surface area contributed by atoms with Gasteiger partial charge in [-0.3, -0.25) is 4.90 Å².